The van der Waals surface area contributed by atoms with E-state index < -0.39 is 0 Å². The Balaban J connectivity index is 1.54. The molecule has 1 aromatic carbocycles. The van der Waals surface area contributed by atoms with Crippen LogP contribution in [0.1, 0.15) is 36.4 Å². The van der Waals surface area contributed by atoms with Crippen molar-refractivity contribution >= 4 is 16.8 Å². The van der Waals surface area contributed by atoms with Crippen molar-refractivity contribution in [2.45, 2.75) is 26.7 Å². The second kappa shape index (κ2) is 10.7. The maximum Gasteiger partial charge on any atom is 0.167 e. The van der Waals surface area contributed by atoms with Crippen LogP contribution in [0.25, 0.3) is 11.0 Å². The Morgan fingerprint density at radius 1 is 0.688 bits per heavy atom. The van der Waals surface area contributed by atoms with Crippen molar-refractivity contribution in [3.63, 3.8) is 0 Å². The van der Waals surface area contributed by atoms with Gasteiger partial charge in [-0.15, -0.1) is 0 Å². The Morgan fingerprint density at radius 3 is 1.75 bits per heavy atom. The van der Waals surface area contributed by atoms with Crippen LogP contribution in [0.15, 0.2) is 16.5 Å². The van der Waals surface area contributed by atoms with Gasteiger partial charge in [-0.25, -0.2) is 0 Å². The quantitative estimate of drug-likeness (QED) is 0.606. The van der Waals surface area contributed by atoms with Gasteiger partial charge in [-0.3, -0.25) is 4.79 Å². The number of hydrogen-bond donors (Lipinski definition) is 0. The van der Waals surface area contributed by atoms with Crippen LogP contribution >= 0.6 is 0 Å². The molecule has 0 fully saturated rings. The lowest BCUT2D eigenvalue weighted by atomic mass is 9.76. The fraction of sp³-hybridized carbons (Fsp3) is 0.625. The summed E-state index contributed by atoms with van der Waals surface area (Å²) in [6.45, 7) is 8.72. The predicted molar refractivity (Wildman–Crippen MR) is 117 cm³/mol. The lowest BCUT2D eigenvalue weighted by Gasteiger charge is -2.27. The second-order valence-corrected chi connectivity index (χ2v) is 8.78. The van der Waals surface area contributed by atoms with E-state index in [1.165, 1.54) is 0 Å². The van der Waals surface area contributed by atoms with Gasteiger partial charge in [0.05, 0.1) is 58.4 Å². The Bertz CT molecular complexity index is 916. The molecule has 0 amide bonds. The number of carbonyl (C=O) groups is 1. The highest BCUT2D eigenvalue weighted by atomic mass is 16.6. The Hall–Kier alpha value is -2.13. The van der Waals surface area contributed by atoms with Gasteiger partial charge in [0.2, 0.25) is 0 Å². The summed E-state index contributed by atoms with van der Waals surface area (Å²) in [4.78, 5) is 12.8. The molecule has 8 nitrogen and oxygen atoms in total. The lowest BCUT2D eigenvalue weighted by molar-refractivity contribution is -0.00840. The molecule has 2 heterocycles. The molecule has 1 aliphatic heterocycles. The van der Waals surface area contributed by atoms with Gasteiger partial charge in [-0.2, -0.15) is 0 Å². The molecule has 0 spiro atoms. The van der Waals surface area contributed by atoms with Crippen LogP contribution in [0, 0.1) is 5.41 Å². The molecule has 0 saturated carbocycles. The molecule has 176 valence electrons. The third kappa shape index (κ3) is 5.81. The maximum atomic E-state index is 12.8. The highest BCUT2D eigenvalue weighted by molar-refractivity contribution is 6.10. The minimum Gasteiger partial charge on any atom is -0.487 e. The molecule has 4 rings (SSSR count). The fourth-order valence-corrected chi connectivity index (χ4v) is 4.01. The number of carbonyl (C=O) groups excluding carboxylic acids is 1. The van der Waals surface area contributed by atoms with E-state index in [9.17, 15) is 4.79 Å². The molecule has 1 aliphatic carbocycles. The van der Waals surface area contributed by atoms with Crippen molar-refractivity contribution in [1.29, 1.82) is 0 Å². The van der Waals surface area contributed by atoms with E-state index in [4.69, 9.17) is 32.8 Å². The first kappa shape index (κ1) is 23.0. The van der Waals surface area contributed by atoms with Crippen molar-refractivity contribution in [2.75, 3.05) is 66.1 Å². The lowest BCUT2D eigenvalue weighted by Crippen LogP contribution is -2.25. The van der Waals surface area contributed by atoms with Crippen LogP contribution in [0.3, 0.4) is 0 Å². The number of rotatable bonds is 0. The summed E-state index contributed by atoms with van der Waals surface area (Å²) >= 11 is 0. The molecule has 0 saturated heterocycles. The molecular formula is C24H32O8. The first-order valence-electron chi connectivity index (χ1n) is 11.2. The summed E-state index contributed by atoms with van der Waals surface area (Å²) in [5.74, 6) is 1.96. The number of ether oxygens (including phenoxy) is 6. The van der Waals surface area contributed by atoms with E-state index in [1.54, 1.807) is 6.07 Å². The van der Waals surface area contributed by atoms with Crippen LogP contribution < -0.4 is 9.47 Å². The molecule has 2 aromatic rings. The largest absolute Gasteiger partial charge is 0.487 e. The molecule has 8 heteroatoms. The normalized spacial score (nSPS) is 21.5. The zero-order chi connectivity index (χ0) is 22.4. The van der Waals surface area contributed by atoms with E-state index in [1.807, 2.05) is 6.07 Å². The summed E-state index contributed by atoms with van der Waals surface area (Å²) in [5, 5.41) is 0.771. The summed E-state index contributed by atoms with van der Waals surface area (Å²) in [6, 6.07) is 3.65. The van der Waals surface area contributed by atoms with E-state index in [0.29, 0.717) is 95.1 Å². The summed E-state index contributed by atoms with van der Waals surface area (Å²) in [7, 11) is 0. The minimum atomic E-state index is -0.111. The molecule has 1 aromatic heterocycles. The first-order valence-corrected chi connectivity index (χ1v) is 11.2. The van der Waals surface area contributed by atoms with Crippen LogP contribution in [0.5, 0.6) is 11.5 Å². The highest BCUT2D eigenvalue weighted by Gasteiger charge is 2.35. The third-order valence-corrected chi connectivity index (χ3v) is 5.47. The predicted octanol–water partition coefficient (Wildman–Crippen LogP) is 3.43. The summed E-state index contributed by atoms with van der Waals surface area (Å²) in [6.07, 6.45) is 1.22. The zero-order valence-corrected chi connectivity index (χ0v) is 18.9. The first-order chi connectivity index (χ1) is 15.5. The highest BCUT2D eigenvalue weighted by Crippen LogP contribution is 2.43. The van der Waals surface area contributed by atoms with Crippen molar-refractivity contribution in [3.8, 4) is 11.5 Å². The molecule has 0 bridgehead atoms. The average molecular weight is 449 g/mol. The van der Waals surface area contributed by atoms with E-state index in [-0.39, 0.29) is 11.2 Å². The van der Waals surface area contributed by atoms with Crippen molar-refractivity contribution < 1.29 is 37.6 Å². The zero-order valence-electron chi connectivity index (χ0n) is 18.9. The SMILES string of the molecule is CC1(C)CC(=O)c2c(oc3cc4c(cc23)OCCOCCOCCOCCOCCO4)C1. The van der Waals surface area contributed by atoms with E-state index >= 15 is 0 Å². The van der Waals surface area contributed by atoms with Gasteiger partial charge in [0.1, 0.15) is 24.6 Å². The van der Waals surface area contributed by atoms with Gasteiger partial charge in [0.25, 0.3) is 0 Å². The second-order valence-electron chi connectivity index (χ2n) is 8.78. The monoisotopic (exact) mass is 448 g/mol. The van der Waals surface area contributed by atoms with E-state index in [2.05, 4.69) is 13.8 Å². The van der Waals surface area contributed by atoms with Gasteiger partial charge >= 0.3 is 0 Å². The molecule has 32 heavy (non-hydrogen) atoms. The van der Waals surface area contributed by atoms with Gasteiger partial charge in [0, 0.05) is 24.3 Å². The van der Waals surface area contributed by atoms with Crippen LogP contribution in [0.4, 0.5) is 0 Å². The van der Waals surface area contributed by atoms with Gasteiger partial charge < -0.3 is 32.8 Å². The van der Waals surface area contributed by atoms with Crippen LogP contribution in [0.2, 0.25) is 0 Å². The Labute approximate surface area is 188 Å². The molecule has 0 radical (unpaired) electrons. The topological polar surface area (TPSA) is 85.6 Å². The molecular weight excluding hydrogens is 416 g/mol. The number of benzene rings is 1. The standard InChI is InChI=1S/C24H32O8/c1-24(2)15-18(25)23-17-13-20-21(14-19(17)32-22(23)16-24)31-12-10-29-8-6-27-4-3-26-5-7-28-9-11-30-20/h13-14H,3-12,15-16H2,1-2H3. The smallest absolute Gasteiger partial charge is 0.167 e. The van der Waals surface area contributed by atoms with Crippen molar-refractivity contribution in [2.24, 2.45) is 5.41 Å². The molecule has 2 aliphatic rings. The van der Waals surface area contributed by atoms with Crippen LogP contribution in [-0.4, -0.2) is 71.9 Å². The minimum absolute atomic E-state index is 0.106. The Morgan fingerprint density at radius 2 is 1.19 bits per heavy atom. The Kier molecular flexibility index (Phi) is 7.67. The number of ketones is 1. The number of furan rings is 1. The van der Waals surface area contributed by atoms with Gasteiger partial charge in [0.15, 0.2) is 17.3 Å². The van der Waals surface area contributed by atoms with Gasteiger partial charge in [-0.1, -0.05) is 13.8 Å². The number of hydrogen-bond acceptors (Lipinski definition) is 8. The summed E-state index contributed by atoms with van der Waals surface area (Å²) in [5.41, 5.74) is 1.19. The average Bonchev–Trinajstić information content (AvgIpc) is 3.08. The number of fused-ring (bicyclic) bond motifs is 4. The van der Waals surface area contributed by atoms with Gasteiger partial charge in [-0.05, 0) is 11.5 Å². The number of Topliss-reactive ketones (excluding diaryl/α,β-unsaturated/α-hetero) is 1. The molecule has 0 atom stereocenters. The van der Waals surface area contributed by atoms with Crippen molar-refractivity contribution in [1.82, 2.24) is 0 Å². The molecule has 0 unspecified atom stereocenters. The maximum absolute atomic E-state index is 12.8. The summed E-state index contributed by atoms with van der Waals surface area (Å²) < 4.78 is 40.1. The fourth-order valence-electron chi connectivity index (χ4n) is 4.01. The van der Waals surface area contributed by atoms with Crippen molar-refractivity contribution in [3.05, 3.63) is 23.5 Å². The molecule has 0 N–H and O–H groups in total. The third-order valence-electron chi connectivity index (χ3n) is 5.47. The van der Waals surface area contributed by atoms with Crippen LogP contribution in [-0.2, 0) is 25.4 Å². The van der Waals surface area contributed by atoms with E-state index in [0.717, 1.165) is 17.6 Å².